The van der Waals surface area contributed by atoms with Crippen LogP contribution in [0.5, 0.6) is 11.5 Å². The molecule has 1 aromatic heterocycles. The Labute approximate surface area is 195 Å². The number of aromatic nitrogens is 2. The van der Waals surface area contributed by atoms with Crippen LogP contribution in [0.2, 0.25) is 0 Å². The van der Waals surface area contributed by atoms with Crippen molar-refractivity contribution in [3.05, 3.63) is 62.2 Å². The molecule has 3 aromatic rings. The molecule has 0 radical (unpaired) electrons. The fraction of sp³-hybridized carbons (Fsp3) is 0.150. The number of halogens is 1. The minimum absolute atomic E-state index is 0.00856. The second-order valence-corrected chi connectivity index (χ2v) is 8.29. The van der Waals surface area contributed by atoms with Gasteiger partial charge in [0, 0.05) is 3.57 Å². The monoisotopic (exact) mass is 551 g/mol. The summed E-state index contributed by atoms with van der Waals surface area (Å²) in [5.41, 5.74) is 3.52. The van der Waals surface area contributed by atoms with Gasteiger partial charge in [0.05, 0.1) is 24.8 Å². The molecule has 31 heavy (non-hydrogen) atoms. The van der Waals surface area contributed by atoms with Gasteiger partial charge in [0.25, 0.3) is 5.91 Å². The van der Waals surface area contributed by atoms with Gasteiger partial charge in [-0.15, -0.1) is 10.2 Å². The van der Waals surface area contributed by atoms with E-state index in [2.05, 4.69) is 48.6 Å². The molecule has 0 unspecified atom stereocenters. The highest BCUT2D eigenvalue weighted by atomic mass is 127. The first-order chi connectivity index (χ1) is 15.0. The van der Waals surface area contributed by atoms with Gasteiger partial charge in [-0.2, -0.15) is 5.10 Å². The number of hydrogen-bond donors (Lipinski definition) is 3. The topological polar surface area (TPSA) is 126 Å². The Kier molecular flexibility index (Phi) is 7.89. The van der Waals surface area contributed by atoms with Crippen LogP contribution in [0.4, 0.5) is 5.13 Å². The van der Waals surface area contributed by atoms with E-state index in [1.165, 1.54) is 12.3 Å². The highest BCUT2D eigenvalue weighted by Crippen LogP contribution is 2.26. The lowest BCUT2D eigenvalue weighted by Gasteiger charge is -2.05. The van der Waals surface area contributed by atoms with Crippen LogP contribution in [0.25, 0.3) is 0 Å². The summed E-state index contributed by atoms with van der Waals surface area (Å²) in [5.74, 6) is -0.311. The molecule has 1 heterocycles. The number of ether oxygens (including phenoxy) is 1. The van der Waals surface area contributed by atoms with E-state index < -0.39 is 5.91 Å². The van der Waals surface area contributed by atoms with E-state index >= 15 is 0 Å². The third-order valence-electron chi connectivity index (χ3n) is 3.80. The molecule has 2 aromatic carbocycles. The van der Waals surface area contributed by atoms with Crippen molar-refractivity contribution in [2.24, 2.45) is 5.10 Å². The van der Waals surface area contributed by atoms with Gasteiger partial charge in [0.2, 0.25) is 11.0 Å². The number of amides is 2. The lowest BCUT2D eigenvalue weighted by molar-refractivity contribution is -0.120. The van der Waals surface area contributed by atoms with E-state index in [9.17, 15) is 14.7 Å². The highest BCUT2D eigenvalue weighted by Gasteiger charge is 2.14. The summed E-state index contributed by atoms with van der Waals surface area (Å²) in [7, 11) is 0. The van der Waals surface area contributed by atoms with Crippen LogP contribution in [0, 0.1) is 3.57 Å². The number of hydrogen-bond acceptors (Lipinski definition) is 8. The Morgan fingerprint density at radius 3 is 2.81 bits per heavy atom. The molecular formula is C20H18IN5O4S. The van der Waals surface area contributed by atoms with Crippen LogP contribution in [0.15, 0.2) is 47.6 Å². The van der Waals surface area contributed by atoms with Crippen molar-refractivity contribution in [3.8, 4) is 11.5 Å². The Balaban J connectivity index is 1.52. The molecule has 9 nitrogen and oxygen atoms in total. The maximum absolute atomic E-state index is 12.3. The highest BCUT2D eigenvalue weighted by molar-refractivity contribution is 14.1. The summed E-state index contributed by atoms with van der Waals surface area (Å²) in [6.07, 6.45) is 1.36. The number of phenolic OH excluding ortho intramolecular Hbond substituents is 1. The maximum Gasteiger partial charge on any atom is 0.258 e. The first-order valence-corrected chi connectivity index (χ1v) is 11.0. The maximum atomic E-state index is 12.3. The van der Waals surface area contributed by atoms with Crippen LogP contribution >= 0.6 is 33.9 Å². The van der Waals surface area contributed by atoms with Crippen molar-refractivity contribution >= 4 is 57.1 Å². The average molecular weight is 551 g/mol. The number of carbonyl (C=O) groups excluding carboxylic acids is 2. The number of carbonyl (C=O) groups is 2. The smallest absolute Gasteiger partial charge is 0.258 e. The van der Waals surface area contributed by atoms with E-state index in [0.29, 0.717) is 33.6 Å². The van der Waals surface area contributed by atoms with E-state index in [1.807, 2.05) is 19.1 Å². The van der Waals surface area contributed by atoms with Crippen LogP contribution in [0.3, 0.4) is 0 Å². The Morgan fingerprint density at radius 2 is 2.06 bits per heavy atom. The summed E-state index contributed by atoms with van der Waals surface area (Å²) in [6, 6.07) is 12.0. The molecule has 160 valence electrons. The third-order valence-corrected chi connectivity index (χ3v) is 5.58. The van der Waals surface area contributed by atoms with Crippen LogP contribution in [-0.4, -0.2) is 39.9 Å². The fourth-order valence-corrected chi connectivity index (χ4v) is 3.80. The predicted molar refractivity (Wildman–Crippen MR) is 126 cm³/mol. The molecule has 0 atom stereocenters. The van der Waals surface area contributed by atoms with E-state index in [0.717, 1.165) is 14.9 Å². The molecule has 0 bridgehead atoms. The molecule has 0 aliphatic carbocycles. The summed E-state index contributed by atoms with van der Waals surface area (Å²) >= 11 is 3.20. The van der Waals surface area contributed by atoms with Crippen molar-refractivity contribution in [2.75, 3.05) is 11.9 Å². The number of hydrazone groups is 1. The summed E-state index contributed by atoms with van der Waals surface area (Å²) in [6.45, 7) is 2.27. The van der Waals surface area contributed by atoms with Gasteiger partial charge in [0.1, 0.15) is 5.01 Å². The first-order valence-electron chi connectivity index (χ1n) is 9.12. The van der Waals surface area contributed by atoms with Crippen molar-refractivity contribution in [2.45, 2.75) is 13.3 Å². The molecule has 0 spiro atoms. The van der Waals surface area contributed by atoms with Gasteiger partial charge in [-0.05, 0) is 65.4 Å². The Morgan fingerprint density at radius 1 is 1.26 bits per heavy atom. The lowest BCUT2D eigenvalue weighted by Crippen LogP contribution is -2.19. The van der Waals surface area contributed by atoms with Crippen molar-refractivity contribution in [3.63, 3.8) is 0 Å². The van der Waals surface area contributed by atoms with Gasteiger partial charge in [-0.25, -0.2) is 5.43 Å². The standard InChI is InChI=1S/C20H18IN5O4S/c1-2-30-16-8-7-12(9-15(16)27)11-22-24-17(28)10-18-25-26-20(31-18)23-19(29)13-5-3-4-6-14(13)21/h3-9,11,27H,2,10H2,1H3,(H,24,28)(H,23,26,29)/b22-11-. The number of aromatic hydroxyl groups is 1. The van der Waals surface area contributed by atoms with Gasteiger partial charge in [-0.3, -0.25) is 14.9 Å². The number of anilines is 1. The van der Waals surface area contributed by atoms with Crippen LogP contribution < -0.4 is 15.5 Å². The molecule has 0 saturated carbocycles. The minimum atomic E-state index is -0.391. The van der Waals surface area contributed by atoms with Crippen LogP contribution in [0.1, 0.15) is 27.9 Å². The van der Waals surface area contributed by atoms with Crippen molar-refractivity contribution in [1.29, 1.82) is 0 Å². The van der Waals surface area contributed by atoms with Crippen molar-refractivity contribution in [1.82, 2.24) is 15.6 Å². The number of benzene rings is 2. The molecule has 0 aliphatic heterocycles. The normalized spacial score (nSPS) is 10.8. The Hall–Kier alpha value is -3.06. The van der Waals surface area contributed by atoms with E-state index in [4.69, 9.17) is 4.74 Å². The van der Waals surface area contributed by atoms with Gasteiger partial charge >= 0.3 is 0 Å². The molecule has 3 rings (SSSR count). The second kappa shape index (κ2) is 10.8. The van der Waals surface area contributed by atoms with Gasteiger partial charge < -0.3 is 9.84 Å². The van der Waals surface area contributed by atoms with Gasteiger partial charge in [-0.1, -0.05) is 23.5 Å². The zero-order valence-corrected chi connectivity index (χ0v) is 19.3. The molecular weight excluding hydrogens is 533 g/mol. The number of rotatable bonds is 8. The molecule has 0 fully saturated rings. The van der Waals surface area contributed by atoms with Crippen LogP contribution in [-0.2, 0) is 11.2 Å². The molecule has 2 amide bonds. The number of nitrogens with zero attached hydrogens (tertiary/aromatic N) is 3. The second-order valence-electron chi connectivity index (χ2n) is 6.07. The third kappa shape index (κ3) is 6.46. The van der Waals surface area contributed by atoms with Gasteiger partial charge in [0.15, 0.2) is 11.5 Å². The van der Waals surface area contributed by atoms with Crippen molar-refractivity contribution < 1.29 is 19.4 Å². The average Bonchev–Trinajstić information content (AvgIpc) is 3.17. The van der Waals surface area contributed by atoms with E-state index in [-0.39, 0.29) is 18.1 Å². The molecule has 0 aliphatic rings. The quantitative estimate of drug-likeness (QED) is 0.224. The minimum Gasteiger partial charge on any atom is -0.504 e. The number of nitrogens with one attached hydrogen (secondary N) is 2. The fourth-order valence-electron chi connectivity index (χ4n) is 2.43. The van der Waals surface area contributed by atoms with E-state index in [1.54, 1.807) is 24.3 Å². The first kappa shape index (κ1) is 22.6. The lowest BCUT2D eigenvalue weighted by atomic mass is 10.2. The largest absolute Gasteiger partial charge is 0.504 e. The Bertz CT molecular complexity index is 1120. The molecule has 11 heteroatoms. The number of phenols is 1. The SMILES string of the molecule is CCOc1ccc(/C=N\NC(=O)Cc2nnc(NC(=O)c3ccccc3I)s2)cc1O. The summed E-state index contributed by atoms with van der Waals surface area (Å²) < 4.78 is 6.07. The zero-order chi connectivity index (χ0) is 22.2. The summed E-state index contributed by atoms with van der Waals surface area (Å²) in [5, 5.41) is 25.0. The molecule has 3 N–H and O–H groups in total. The summed E-state index contributed by atoms with van der Waals surface area (Å²) in [4.78, 5) is 24.4. The zero-order valence-electron chi connectivity index (χ0n) is 16.3. The molecule has 0 saturated heterocycles. The predicted octanol–water partition coefficient (Wildman–Crippen LogP) is 3.19.